The van der Waals surface area contributed by atoms with E-state index in [0.29, 0.717) is 29.6 Å². The molecule has 1 aromatic carbocycles. The molecule has 1 aromatic heterocycles. The molecule has 6 heteroatoms. The Morgan fingerprint density at radius 3 is 2.79 bits per heavy atom. The van der Waals surface area contributed by atoms with Crippen molar-refractivity contribution in [1.82, 2.24) is 9.97 Å². The molecule has 0 bridgehead atoms. The number of amides is 1. The molecular formula is C18H22N4O2. The van der Waals surface area contributed by atoms with E-state index in [0.717, 1.165) is 0 Å². The van der Waals surface area contributed by atoms with Gasteiger partial charge in [0.05, 0.1) is 11.8 Å². The number of para-hydroxylation sites is 2. The highest BCUT2D eigenvalue weighted by Crippen LogP contribution is 2.25. The van der Waals surface area contributed by atoms with Crippen molar-refractivity contribution in [2.24, 2.45) is 0 Å². The monoisotopic (exact) mass is 326 g/mol. The van der Waals surface area contributed by atoms with Crippen LogP contribution in [0.25, 0.3) is 0 Å². The number of benzene rings is 1. The SMILES string of the molecule is C=CCNc1nc(C)cc(C(=O)Nc2ccccc2OC(C)C)n1. The summed E-state index contributed by atoms with van der Waals surface area (Å²) in [6, 6.07) is 8.95. The highest BCUT2D eigenvalue weighted by Gasteiger charge is 2.13. The average Bonchev–Trinajstić information content (AvgIpc) is 2.53. The van der Waals surface area contributed by atoms with E-state index in [1.54, 1.807) is 18.2 Å². The number of nitrogens with zero attached hydrogens (tertiary/aromatic N) is 2. The number of carbonyl (C=O) groups is 1. The number of nitrogens with one attached hydrogen (secondary N) is 2. The number of aryl methyl sites for hydroxylation is 1. The lowest BCUT2D eigenvalue weighted by molar-refractivity contribution is 0.102. The minimum Gasteiger partial charge on any atom is -0.489 e. The predicted octanol–water partition coefficient (Wildman–Crippen LogP) is 3.42. The molecule has 0 saturated carbocycles. The predicted molar refractivity (Wildman–Crippen MR) is 95.6 cm³/mol. The van der Waals surface area contributed by atoms with Gasteiger partial charge in [0.2, 0.25) is 5.95 Å². The normalized spacial score (nSPS) is 10.3. The Morgan fingerprint density at radius 1 is 1.33 bits per heavy atom. The Labute approximate surface area is 142 Å². The molecule has 2 aromatic rings. The molecule has 126 valence electrons. The van der Waals surface area contributed by atoms with Crippen molar-refractivity contribution in [3.63, 3.8) is 0 Å². The third-order valence-corrected chi connectivity index (χ3v) is 2.99. The molecule has 0 unspecified atom stereocenters. The van der Waals surface area contributed by atoms with Crippen LogP contribution in [0, 0.1) is 6.92 Å². The molecule has 0 spiro atoms. The van der Waals surface area contributed by atoms with Gasteiger partial charge in [0.15, 0.2) is 0 Å². The zero-order valence-electron chi connectivity index (χ0n) is 14.2. The maximum absolute atomic E-state index is 12.5. The van der Waals surface area contributed by atoms with Crippen LogP contribution >= 0.6 is 0 Å². The van der Waals surface area contributed by atoms with Gasteiger partial charge in [0.1, 0.15) is 11.4 Å². The molecule has 0 aliphatic heterocycles. The van der Waals surface area contributed by atoms with Gasteiger partial charge in [-0.1, -0.05) is 18.2 Å². The van der Waals surface area contributed by atoms with Crippen LogP contribution in [0.1, 0.15) is 30.0 Å². The second-order valence-electron chi connectivity index (χ2n) is 5.50. The molecule has 0 radical (unpaired) electrons. The Morgan fingerprint density at radius 2 is 2.08 bits per heavy atom. The van der Waals surface area contributed by atoms with Gasteiger partial charge in [-0.15, -0.1) is 6.58 Å². The molecule has 24 heavy (non-hydrogen) atoms. The van der Waals surface area contributed by atoms with Gasteiger partial charge < -0.3 is 15.4 Å². The van der Waals surface area contributed by atoms with Gasteiger partial charge in [-0.25, -0.2) is 9.97 Å². The molecule has 0 atom stereocenters. The third kappa shape index (κ3) is 4.81. The first-order valence-electron chi connectivity index (χ1n) is 7.77. The van der Waals surface area contributed by atoms with Gasteiger partial charge >= 0.3 is 0 Å². The molecule has 2 N–H and O–H groups in total. The fourth-order valence-corrected chi connectivity index (χ4v) is 2.04. The van der Waals surface area contributed by atoms with Crippen LogP contribution in [-0.2, 0) is 0 Å². The number of aromatic nitrogens is 2. The fourth-order valence-electron chi connectivity index (χ4n) is 2.04. The summed E-state index contributed by atoms with van der Waals surface area (Å²) in [6.45, 7) is 9.84. The van der Waals surface area contributed by atoms with Gasteiger partial charge in [-0.3, -0.25) is 4.79 Å². The first kappa shape index (κ1) is 17.5. The van der Waals surface area contributed by atoms with E-state index in [1.807, 2.05) is 39.0 Å². The van der Waals surface area contributed by atoms with Gasteiger partial charge in [-0.2, -0.15) is 0 Å². The topological polar surface area (TPSA) is 76.1 Å². The molecule has 0 aliphatic carbocycles. The Hall–Kier alpha value is -2.89. The molecular weight excluding hydrogens is 304 g/mol. The van der Waals surface area contributed by atoms with Crippen LogP contribution < -0.4 is 15.4 Å². The average molecular weight is 326 g/mol. The number of ether oxygens (including phenoxy) is 1. The van der Waals surface area contributed by atoms with Crippen LogP contribution in [0.3, 0.4) is 0 Å². The summed E-state index contributed by atoms with van der Waals surface area (Å²) in [6.07, 6.45) is 1.71. The summed E-state index contributed by atoms with van der Waals surface area (Å²) in [5.74, 6) is 0.699. The molecule has 1 heterocycles. The molecule has 0 aliphatic rings. The van der Waals surface area contributed by atoms with Crippen LogP contribution in [0.5, 0.6) is 5.75 Å². The number of carbonyl (C=O) groups excluding carboxylic acids is 1. The van der Waals surface area contributed by atoms with Gasteiger partial charge in [-0.05, 0) is 39.0 Å². The van der Waals surface area contributed by atoms with Crippen LogP contribution in [0.2, 0.25) is 0 Å². The van der Waals surface area contributed by atoms with Crippen LogP contribution in [0.15, 0.2) is 43.0 Å². The molecule has 2 rings (SSSR count). The molecule has 0 saturated heterocycles. The van der Waals surface area contributed by atoms with Crippen molar-refractivity contribution in [1.29, 1.82) is 0 Å². The maximum Gasteiger partial charge on any atom is 0.274 e. The maximum atomic E-state index is 12.5. The summed E-state index contributed by atoms with van der Waals surface area (Å²) in [5.41, 5.74) is 1.59. The van der Waals surface area contributed by atoms with Crippen molar-refractivity contribution in [3.8, 4) is 5.75 Å². The van der Waals surface area contributed by atoms with Crippen molar-refractivity contribution in [2.75, 3.05) is 17.2 Å². The van der Waals surface area contributed by atoms with Crippen LogP contribution in [0.4, 0.5) is 11.6 Å². The van der Waals surface area contributed by atoms with E-state index in [1.165, 1.54) is 0 Å². The lowest BCUT2D eigenvalue weighted by atomic mass is 10.2. The minimum absolute atomic E-state index is 0.0130. The largest absolute Gasteiger partial charge is 0.489 e. The van der Waals surface area contributed by atoms with Gasteiger partial charge in [0, 0.05) is 12.2 Å². The number of hydrogen-bond acceptors (Lipinski definition) is 5. The van der Waals surface area contributed by atoms with E-state index in [4.69, 9.17) is 4.74 Å². The standard InChI is InChI=1S/C18H22N4O2/c1-5-10-19-18-20-13(4)11-15(22-18)17(23)21-14-8-6-7-9-16(14)24-12(2)3/h5-9,11-12H,1,10H2,2-4H3,(H,21,23)(H,19,20,22). The highest BCUT2D eigenvalue weighted by atomic mass is 16.5. The van der Waals surface area contributed by atoms with Crippen molar-refractivity contribution >= 4 is 17.5 Å². The smallest absolute Gasteiger partial charge is 0.274 e. The molecule has 0 fully saturated rings. The quantitative estimate of drug-likeness (QED) is 0.762. The number of hydrogen-bond donors (Lipinski definition) is 2. The van der Waals surface area contributed by atoms with Crippen molar-refractivity contribution in [2.45, 2.75) is 26.9 Å². The lowest BCUT2D eigenvalue weighted by Crippen LogP contribution is -2.17. The van der Waals surface area contributed by atoms with E-state index < -0.39 is 0 Å². The van der Waals surface area contributed by atoms with E-state index in [-0.39, 0.29) is 17.7 Å². The first-order valence-corrected chi connectivity index (χ1v) is 7.77. The van der Waals surface area contributed by atoms with Gasteiger partial charge in [0.25, 0.3) is 5.91 Å². The highest BCUT2D eigenvalue weighted by molar-refractivity contribution is 6.03. The van der Waals surface area contributed by atoms with Crippen molar-refractivity contribution < 1.29 is 9.53 Å². The van der Waals surface area contributed by atoms with E-state index >= 15 is 0 Å². The summed E-state index contributed by atoms with van der Waals surface area (Å²) < 4.78 is 5.71. The Bertz CT molecular complexity index is 729. The first-order chi connectivity index (χ1) is 11.5. The summed E-state index contributed by atoms with van der Waals surface area (Å²) in [4.78, 5) is 21.0. The van der Waals surface area contributed by atoms with Crippen LogP contribution in [-0.4, -0.2) is 28.5 Å². The summed E-state index contributed by atoms with van der Waals surface area (Å²) >= 11 is 0. The fraction of sp³-hybridized carbons (Fsp3) is 0.278. The number of anilines is 2. The van der Waals surface area contributed by atoms with Crippen molar-refractivity contribution in [3.05, 3.63) is 54.4 Å². The Kier molecular flexibility index (Phi) is 5.89. The lowest BCUT2D eigenvalue weighted by Gasteiger charge is -2.15. The second-order valence-corrected chi connectivity index (χ2v) is 5.50. The number of rotatable bonds is 7. The second kappa shape index (κ2) is 8.10. The Balaban J connectivity index is 2.21. The zero-order chi connectivity index (χ0) is 17.5. The minimum atomic E-state index is -0.318. The third-order valence-electron chi connectivity index (χ3n) is 2.99. The zero-order valence-corrected chi connectivity index (χ0v) is 14.2. The van der Waals surface area contributed by atoms with E-state index in [9.17, 15) is 4.79 Å². The van der Waals surface area contributed by atoms with E-state index in [2.05, 4.69) is 27.2 Å². The summed E-state index contributed by atoms with van der Waals surface area (Å²) in [5, 5.41) is 5.83. The molecule has 1 amide bonds. The molecule has 6 nitrogen and oxygen atoms in total. The summed E-state index contributed by atoms with van der Waals surface area (Å²) in [7, 11) is 0.